The molecule has 0 saturated carbocycles. The average molecular weight is 410 g/mol. The molecular formula is C20H24ClNO6. The van der Waals surface area contributed by atoms with Gasteiger partial charge in [-0.3, -0.25) is 4.79 Å². The van der Waals surface area contributed by atoms with Gasteiger partial charge in [0.15, 0.2) is 0 Å². The van der Waals surface area contributed by atoms with E-state index in [4.69, 9.17) is 25.5 Å². The van der Waals surface area contributed by atoms with Crippen LogP contribution in [-0.4, -0.2) is 24.2 Å². The number of alkyl carbamates (subject to hydrolysis) is 1. The van der Waals surface area contributed by atoms with E-state index < -0.39 is 23.3 Å². The zero-order valence-electron chi connectivity index (χ0n) is 16.4. The smallest absolute Gasteiger partial charge is 0.407 e. The minimum absolute atomic E-state index is 0.0284. The van der Waals surface area contributed by atoms with E-state index in [0.29, 0.717) is 28.0 Å². The first-order valence-electron chi connectivity index (χ1n) is 8.96. The lowest BCUT2D eigenvalue weighted by Gasteiger charge is -2.19. The molecule has 0 spiro atoms. The summed E-state index contributed by atoms with van der Waals surface area (Å²) >= 11 is 6.24. The number of carbonyl (C=O) groups excluding carboxylic acids is 2. The zero-order chi connectivity index (χ0) is 20.9. The summed E-state index contributed by atoms with van der Waals surface area (Å²) in [6.07, 6.45) is 0.0650. The first kappa shape index (κ1) is 21.8. The normalized spacial score (nSPS) is 11.3. The van der Waals surface area contributed by atoms with Crippen LogP contribution >= 0.6 is 11.6 Å². The van der Waals surface area contributed by atoms with Gasteiger partial charge in [0, 0.05) is 28.6 Å². The number of hydrogen-bond acceptors (Lipinski definition) is 6. The van der Waals surface area contributed by atoms with Crippen molar-refractivity contribution in [1.82, 2.24) is 5.32 Å². The van der Waals surface area contributed by atoms with E-state index in [0.717, 1.165) is 5.56 Å². The Morgan fingerprint density at radius 2 is 1.89 bits per heavy atom. The molecule has 28 heavy (non-hydrogen) atoms. The third-order valence-corrected chi connectivity index (χ3v) is 4.12. The van der Waals surface area contributed by atoms with Crippen LogP contribution < -0.4 is 10.9 Å². The van der Waals surface area contributed by atoms with E-state index in [1.807, 2.05) is 6.92 Å². The highest BCUT2D eigenvalue weighted by atomic mass is 35.5. The molecule has 0 fully saturated rings. The molecule has 0 aliphatic rings. The van der Waals surface area contributed by atoms with Crippen molar-refractivity contribution < 1.29 is 23.5 Å². The number of fused-ring (bicyclic) bond motifs is 1. The maximum Gasteiger partial charge on any atom is 0.407 e. The summed E-state index contributed by atoms with van der Waals surface area (Å²) in [5.74, 6) is -0.520. The molecule has 152 valence electrons. The third kappa shape index (κ3) is 6.27. The first-order chi connectivity index (χ1) is 13.1. The molecule has 7 nitrogen and oxygen atoms in total. The first-order valence-corrected chi connectivity index (χ1v) is 9.34. The molecule has 1 N–H and O–H groups in total. The summed E-state index contributed by atoms with van der Waals surface area (Å²) in [5, 5.41) is 3.65. The number of rotatable bonds is 6. The summed E-state index contributed by atoms with van der Waals surface area (Å²) in [7, 11) is 0. The average Bonchev–Trinajstić information content (AvgIpc) is 2.58. The van der Waals surface area contributed by atoms with Crippen molar-refractivity contribution in [1.29, 1.82) is 0 Å². The topological polar surface area (TPSA) is 94.8 Å². The van der Waals surface area contributed by atoms with Crippen molar-refractivity contribution >= 4 is 34.6 Å². The highest BCUT2D eigenvalue weighted by Gasteiger charge is 2.16. The number of carbonyl (C=O) groups is 2. The summed E-state index contributed by atoms with van der Waals surface area (Å²) < 4.78 is 15.5. The van der Waals surface area contributed by atoms with Gasteiger partial charge in [-0.15, -0.1) is 0 Å². The number of halogens is 1. The Bertz CT molecular complexity index is 929. The quantitative estimate of drug-likeness (QED) is 0.573. The van der Waals surface area contributed by atoms with Crippen LogP contribution in [-0.2, 0) is 27.3 Å². The van der Waals surface area contributed by atoms with Crippen LogP contribution in [0, 0.1) is 0 Å². The Kier molecular flexibility index (Phi) is 7.07. The lowest BCUT2D eigenvalue weighted by Crippen LogP contribution is -2.33. The Hall–Kier alpha value is -2.54. The fraction of sp³-hybridized carbons (Fsp3) is 0.450. The van der Waals surface area contributed by atoms with Gasteiger partial charge in [0.2, 0.25) is 0 Å². The summed E-state index contributed by atoms with van der Waals surface area (Å²) in [4.78, 5) is 35.3. The van der Waals surface area contributed by atoms with Crippen molar-refractivity contribution in [2.24, 2.45) is 0 Å². The molecule has 1 aromatic carbocycles. The number of aryl methyl sites for hydroxylation is 1. The molecule has 1 aromatic heterocycles. The highest BCUT2D eigenvalue weighted by Crippen LogP contribution is 2.26. The SMILES string of the molecule is CCc1cc2oc(=O)cc(COC(=O)CCNC(=O)OC(C)(C)C)c2cc1Cl. The number of benzene rings is 1. The molecule has 2 rings (SSSR count). The lowest BCUT2D eigenvalue weighted by molar-refractivity contribution is -0.144. The molecule has 1 amide bonds. The highest BCUT2D eigenvalue weighted by molar-refractivity contribution is 6.32. The molecule has 0 aliphatic carbocycles. The van der Waals surface area contributed by atoms with E-state index in [1.165, 1.54) is 6.07 Å². The molecule has 0 atom stereocenters. The molecule has 2 aromatic rings. The number of nitrogens with one attached hydrogen (secondary N) is 1. The maximum absolute atomic E-state index is 11.9. The lowest BCUT2D eigenvalue weighted by atomic mass is 10.1. The number of amides is 1. The van der Waals surface area contributed by atoms with Gasteiger partial charge in [0.1, 0.15) is 17.8 Å². The van der Waals surface area contributed by atoms with Crippen molar-refractivity contribution in [3.8, 4) is 0 Å². The summed E-state index contributed by atoms with van der Waals surface area (Å²) in [5.41, 5.74) is 0.615. The van der Waals surface area contributed by atoms with Crippen molar-refractivity contribution in [3.63, 3.8) is 0 Å². The molecule has 0 saturated heterocycles. The van der Waals surface area contributed by atoms with Crippen LogP contribution in [0.2, 0.25) is 5.02 Å². The fourth-order valence-electron chi connectivity index (χ4n) is 2.49. The second kappa shape index (κ2) is 9.10. The molecule has 1 heterocycles. The third-order valence-electron chi connectivity index (χ3n) is 3.76. The Morgan fingerprint density at radius 1 is 1.18 bits per heavy atom. The number of esters is 1. The predicted molar refractivity (Wildman–Crippen MR) is 106 cm³/mol. The van der Waals surface area contributed by atoms with Gasteiger partial charge < -0.3 is 19.2 Å². The van der Waals surface area contributed by atoms with Gasteiger partial charge in [0.05, 0.1) is 6.42 Å². The van der Waals surface area contributed by atoms with Gasteiger partial charge in [0.25, 0.3) is 0 Å². The standard InChI is InChI=1S/C20H24ClNO6/c1-5-12-8-16-14(10-15(12)21)13(9-18(24)27-16)11-26-17(23)6-7-22-19(25)28-20(2,3)4/h8-10H,5-7,11H2,1-4H3,(H,22,25). The molecule has 0 radical (unpaired) electrons. The van der Waals surface area contributed by atoms with Crippen molar-refractivity contribution in [3.05, 3.63) is 44.8 Å². The molecule has 0 unspecified atom stereocenters. The number of hydrogen-bond donors (Lipinski definition) is 1. The van der Waals surface area contributed by atoms with Crippen LogP contribution in [0.4, 0.5) is 4.79 Å². The second-order valence-electron chi connectivity index (χ2n) is 7.22. The summed E-state index contributed by atoms with van der Waals surface area (Å²) in [6, 6.07) is 4.69. The van der Waals surface area contributed by atoms with Crippen LogP contribution in [0.25, 0.3) is 11.0 Å². The Balaban J connectivity index is 1.97. The van der Waals surface area contributed by atoms with Gasteiger partial charge in [-0.2, -0.15) is 0 Å². The van der Waals surface area contributed by atoms with Crippen LogP contribution in [0.5, 0.6) is 0 Å². The van der Waals surface area contributed by atoms with Gasteiger partial charge >= 0.3 is 17.7 Å². The summed E-state index contributed by atoms with van der Waals surface area (Å²) in [6.45, 7) is 7.17. The Morgan fingerprint density at radius 3 is 2.54 bits per heavy atom. The largest absolute Gasteiger partial charge is 0.461 e. The van der Waals surface area contributed by atoms with E-state index >= 15 is 0 Å². The number of ether oxygens (including phenoxy) is 2. The monoisotopic (exact) mass is 409 g/mol. The Labute approximate surface area is 167 Å². The van der Waals surface area contributed by atoms with Gasteiger partial charge in [-0.1, -0.05) is 18.5 Å². The van der Waals surface area contributed by atoms with E-state index in [2.05, 4.69) is 5.32 Å². The maximum atomic E-state index is 11.9. The van der Waals surface area contributed by atoms with Crippen LogP contribution in [0.15, 0.2) is 27.4 Å². The van der Waals surface area contributed by atoms with Crippen molar-refractivity contribution in [2.75, 3.05) is 6.54 Å². The van der Waals surface area contributed by atoms with Gasteiger partial charge in [-0.05, 0) is 44.9 Å². The zero-order valence-corrected chi connectivity index (χ0v) is 17.1. The van der Waals surface area contributed by atoms with Crippen LogP contribution in [0.3, 0.4) is 0 Å². The van der Waals surface area contributed by atoms with Gasteiger partial charge in [-0.25, -0.2) is 9.59 Å². The predicted octanol–water partition coefficient (Wildman–Crippen LogP) is 3.97. The second-order valence-corrected chi connectivity index (χ2v) is 7.63. The fourth-order valence-corrected chi connectivity index (χ4v) is 2.79. The van der Waals surface area contributed by atoms with Crippen LogP contribution in [0.1, 0.15) is 45.2 Å². The van der Waals surface area contributed by atoms with E-state index in [9.17, 15) is 14.4 Å². The van der Waals surface area contributed by atoms with E-state index in [1.54, 1.807) is 32.9 Å². The molecular weight excluding hydrogens is 386 g/mol. The van der Waals surface area contributed by atoms with Crippen molar-refractivity contribution in [2.45, 2.75) is 52.7 Å². The molecule has 0 bridgehead atoms. The van der Waals surface area contributed by atoms with E-state index in [-0.39, 0.29) is 19.6 Å². The minimum atomic E-state index is -0.612. The molecule has 8 heteroatoms. The molecule has 0 aliphatic heterocycles. The minimum Gasteiger partial charge on any atom is -0.461 e.